The van der Waals surface area contributed by atoms with Crippen LogP contribution < -0.4 is 9.47 Å². The molecule has 0 aliphatic heterocycles. The van der Waals surface area contributed by atoms with E-state index in [4.69, 9.17) is 9.47 Å². The van der Waals surface area contributed by atoms with Crippen LogP contribution in [0.4, 0.5) is 0 Å². The van der Waals surface area contributed by atoms with Gasteiger partial charge in [-0.1, -0.05) is 12.2 Å². The van der Waals surface area contributed by atoms with Gasteiger partial charge in [-0.15, -0.1) is 0 Å². The lowest BCUT2D eigenvalue weighted by Crippen LogP contribution is -1.96. The number of hydrogen-bond acceptors (Lipinski definition) is 4. The van der Waals surface area contributed by atoms with Crippen LogP contribution in [0.3, 0.4) is 0 Å². The fraction of sp³-hybridized carbons (Fsp3) is 0.308. The predicted octanol–water partition coefficient (Wildman–Crippen LogP) is 2.28. The molecule has 1 aromatic carbocycles. The van der Waals surface area contributed by atoms with Gasteiger partial charge in [0.15, 0.2) is 0 Å². The maximum absolute atomic E-state index is 10.9. The van der Waals surface area contributed by atoms with E-state index in [0.717, 1.165) is 5.56 Å². The number of esters is 1. The van der Waals surface area contributed by atoms with Gasteiger partial charge in [-0.25, -0.2) is 0 Å². The molecule has 0 saturated carbocycles. The van der Waals surface area contributed by atoms with Crippen LogP contribution in [0.2, 0.25) is 0 Å². The Morgan fingerprint density at radius 1 is 1.12 bits per heavy atom. The smallest absolute Gasteiger partial charge is 0.309 e. The van der Waals surface area contributed by atoms with Gasteiger partial charge in [0.25, 0.3) is 0 Å². The fourth-order valence-electron chi connectivity index (χ4n) is 1.30. The molecule has 92 valence electrons. The van der Waals surface area contributed by atoms with Crippen LogP contribution in [-0.4, -0.2) is 27.3 Å². The number of benzene rings is 1. The first-order chi connectivity index (χ1) is 8.19. The monoisotopic (exact) mass is 236 g/mol. The Bertz CT molecular complexity index is 388. The predicted molar refractivity (Wildman–Crippen MR) is 65.2 cm³/mol. The third kappa shape index (κ3) is 4.18. The van der Waals surface area contributed by atoms with E-state index in [9.17, 15) is 4.79 Å². The summed E-state index contributed by atoms with van der Waals surface area (Å²) < 4.78 is 14.8. The molecule has 0 aliphatic rings. The van der Waals surface area contributed by atoms with Gasteiger partial charge in [0.2, 0.25) is 0 Å². The van der Waals surface area contributed by atoms with Crippen molar-refractivity contribution >= 4 is 12.0 Å². The highest BCUT2D eigenvalue weighted by molar-refractivity contribution is 5.72. The summed E-state index contributed by atoms with van der Waals surface area (Å²) in [6.07, 6.45) is 3.80. The third-order valence-electron chi connectivity index (χ3n) is 2.20. The summed E-state index contributed by atoms with van der Waals surface area (Å²) in [5.74, 6) is 1.15. The minimum Gasteiger partial charge on any atom is -0.497 e. The lowest BCUT2D eigenvalue weighted by Gasteiger charge is -2.05. The molecule has 0 amide bonds. The number of ether oxygens (including phenoxy) is 3. The molecule has 0 heterocycles. The van der Waals surface area contributed by atoms with Gasteiger partial charge in [-0.3, -0.25) is 4.79 Å². The van der Waals surface area contributed by atoms with Crippen molar-refractivity contribution in [1.29, 1.82) is 0 Å². The van der Waals surface area contributed by atoms with Crippen molar-refractivity contribution in [3.63, 3.8) is 0 Å². The van der Waals surface area contributed by atoms with Gasteiger partial charge in [0.1, 0.15) is 11.5 Å². The number of carbonyl (C=O) groups is 1. The van der Waals surface area contributed by atoms with Gasteiger partial charge in [0, 0.05) is 6.07 Å². The molecular weight excluding hydrogens is 220 g/mol. The van der Waals surface area contributed by atoms with Crippen LogP contribution in [0.25, 0.3) is 6.08 Å². The first-order valence-corrected chi connectivity index (χ1v) is 5.16. The Kier molecular flexibility index (Phi) is 5.07. The molecule has 0 aliphatic carbocycles. The van der Waals surface area contributed by atoms with E-state index in [-0.39, 0.29) is 12.4 Å². The number of carbonyl (C=O) groups excluding carboxylic acids is 1. The van der Waals surface area contributed by atoms with Crippen LogP contribution in [0, 0.1) is 0 Å². The van der Waals surface area contributed by atoms with E-state index in [2.05, 4.69) is 4.74 Å². The van der Waals surface area contributed by atoms with E-state index >= 15 is 0 Å². The van der Waals surface area contributed by atoms with Crippen LogP contribution in [0.1, 0.15) is 12.0 Å². The lowest BCUT2D eigenvalue weighted by molar-refractivity contribution is -0.139. The first-order valence-electron chi connectivity index (χ1n) is 5.16. The van der Waals surface area contributed by atoms with Crippen LogP contribution >= 0.6 is 0 Å². The summed E-state index contributed by atoms with van der Waals surface area (Å²) in [5, 5.41) is 0. The summed E-state index contributed by atoms with van der Waals surface area (Å²) in [4.78, 5) is 10.9. The Labute approximate surface area is 101 Å². The summed E-state index contributed by atoms with van der Waals surface area (Å²) in [6.45, 7) is 0. The Morgan fingerprint density at radius 3 is 2.18 bits per heavy atom. The maximum atomic E-state index is 10.9. The minimum atomic E-state index is -0.267. The molecule has 0 saturated heterocycles. The highest BCUT2D eigenvalue weighted by Gasteiger charge is 2.00. The second-order valence-corrected chi connectivity index (χ2v) is 3.33. The van der Waals surface area contributed by atoms with E-state index in [0.29, 0.717) is 11.5 Å². The van der Waals surface area contributed by atoms with E-state index in [1.807, 2.05) is 18.2 Å². The van der Waals surface area contributed by atoms with Gasteiger partial charge in [-0.05, 0) is 17.7 Å². The summed E-state index contributed by atoms with van der Waals surface area (Å²) in [5.41, 5.74) is 0.908. The zero-order valence-electron chi connectivity index (χ0n) is 10.2. The summed E-state index contributed by atoms with van der Waals surface area (Å²) in [6, 6.07) is 5.50. The molecule has 17 heavy (non-hydrogen) atoms. The SMILES string of the molecule is COC(=O)C/C=C/c1cc(OC)cc(OC)c1. The molecule has 0 atom stereocenters. The van der Waals surface area contributed by atoms with Crippen molar-refractivity contribution in [3.8, 4) is 11.5 Å². The molecule has 0 fully saturated rings. The lowest BCUT2D eigenvalue weighted by atomic mass is 10.1. The molecule has 0 spiro atoms. The molecule has 1 rings (SSSR count). The molecule has 0 radical (unpaired) electrons. The standard InChI is InChI=1S/C13H16O4/c1-15-11-7-10(8-12(9-11)16-2)5-4-6-13(14)17-3/h4-5,7-9H,6H2,1-3H3/b5-4+. The average molecular weight is 236 g/mol. The largest absolute Gasteiger partial charge is 0.497 e. The van der Waals surface area contributed by atoms with Gasteiger partial charge in [0.05, 0.1) is 27.8 Å². The van der Waals surface area contributed by atoms with Crippen molar-refractivity contribution in [1.82, 2.24) is 0 Å². The van der Waals surface area contributed by atoms with Crippen molar-refractivity contribution < 1.29 is 19.0 Å². The van der Waals surface area contributed by atoms with Gasteiger partial charge in [-0.2, -0.15) is 0 Å². The first kappa shape index (κ1) is 13.1. The molecule has 0 aromatic heterocycles. The quantitative estimate of drug-likeness (QED) is 0.736. The zero-order chi connectivity index (χ0) is 12.7. The van der Waals surface area contributed by atoms with Crippen molar-refractivity contribution in [2.75, 3.05) is 21.3 Å². The second kappa shape index (κ2) is 6.58. The summed E-state index contributed by atoms with van der Waals surface area (Å²) in [7, 11) is 4.55. The molecule has 4 heteroatoms. The Hall–Kier alpha value is -1.97. The number of rotatable bonds is 5. The molecular formula is C13H16O4. The highest BCUT2D eigenvalue weighted by Crippen LogP contribution is 2.23. The Morgan fingerprint density at radius 2 is 1.71 bits per heavy atom. The number of hydrogen-bond donors (Lipinski definition) is 0. The van der Waals surface area contributed by atoms with Crippen LogP contribution in [0.15, 0.2) is 24.3 Å². The normalized spacial score (nSPS) is 10.3. The maximum Gasteiger partial charge on any atom is 0.309 e. The topological polar surface area (TPSA) is 44.8 Å². The van der Waals surface area contributed by atoms with Crippen LogP contribution in [0.5, 0.6) is 11.5 Å². The van der Waals surface area contributed by atoms with Crippen molar-refractivity contribution in [2.45, 2.75) is 6.42 Å². The van der Waals surface area contributed by atoms with E-state index in [1.54, 1.807) is 26.4 Å². The molecule has 1 aromatic rings. The number of methoxy groups -OCH3 is 3. The van der Waals surface area contributed by atoms with Crippen LogP contribution in [-0.2, 0) is 9.53 Å². The van der Waals surface area contributed by atoms with E-state index < -0.39 is 0 Å². The molecule has 0 N–H and O–H groups in total. The van der Waals surface area contributed by atoms with Gasteiger partial charge >= 0.3 is 5.97 Å². The Balaban J connectivity index is 2.79. The fourth-order valence-corrected chi connectivity index (χ4v) is 1.30. The molecule has 4 nitrogen and oxygen atoms in total. The summed E-state index contributed by atoms with van der Waals surface area (Å²) >= 11 is 0. The minimum absolute atomic E-state index is 0.246. The zero-order valence-corrected chi connectivity index (χ0v) is 10.2. The van der Waals surface area contributed by atoms with Crippen molar-refractivity contribution in [3.05, 3.63) is 29.8 Å². The van der Waals surface area contributed by atoms with Crippen molar-refractivity contribution in [2.24, 2.45) is 0 Å². The average Bonchev–Trinajstić information content (AvgIpc) is 2.37. The molecule has 0 bridgehead atoms. The molecule has 0 unspecified atom stereocenters. The third-order valence-corrected chi connectivity index (χ3v) is 2.20. The highest BCUT2D eigenvalue weighted by atomic mass is 16.5. The second-order valence-electron chi connectivity index (χ2n) is 3.33. The van der Waals surface area contributed by atoms with E-state index in [1.165, 1.54) is 7.11 Å². The van der Waals surface area contributed by atoms with Gasteiger partial charge < -0.3 is 14.2 Å².